The van der Waals surface area contributed by atoms with Gasteiger partial charge < -0.3 is 18.0 Å². The first-order valence-electron chi connectivity index (χ1n) is 7.85. The molecule has 1 heterocycles. The fourth-order valence-corrected chi connectivity index (χ4v) is 4.43. The molecule has 1 fully saturated rings. The predicted octanol–water partition coefficient (Wildman–Crippen LogP) is 1.22. The van der Waals surface area contributed by atoms with Crippen molar-refractivity contribution in [2.75, 3.05) is 27.9 Å². The predicted molar refractivity (Wildman–Crippen MR) is 85.2 cm³/mol. The summed E-state index contributed by atoms with van der Waals surface area (Å²) in [4.78, 5) is 10.7. The van der Waals surface area contributed by atoms with Crippen LogP contribution in [0.5, 0.6) is 0 Å². The van der Waals surface area contributed by atoms with Gasteiger partial charge in [-0.25, -0.2) is 0 Å². The molecule has 1 rings (SSSR count). The number of hydrogen-bond acceptors (Lipinski definition) is 7. The molecule has 0 aromatic carbocycles. The lowest BCUT2D eigenvalue weighted by molar-refractivity contribution is -0.141. The van der Waals surface area contributed by atoms with Gasteiger partial charge in [-0.15, -0.1) is 0 Å². The maximum Gasteiger partial charge on any atom is 0.500 e. The molecule has 22 heavy (non-hydrogen) atoms. The summed E-state index contributed by atoms with van der Waals surface area (Å²) in [5.74, 6) is -0.219. The zero-order valence-corrected chi connectivity index (χ0v) is 15.1. The summed E-state index contributed by atoms with van der Waals surface area (Å²) in [6.07, 6.45) is 5.08. The summed E-state index contributed by atoms with van der Waals surface area (Å²) < 4.78 is 21.2. The van der Waals surface area contributed by atoms with Crippen LogP contribution >= 0.6 is 0 Å². The van der Waals surface area contributed by atoms with Crippen molar-refractivity contribution in [3.05, 3.63) is 0 Å². The first-order chi connectivity index (χ1) is 10.5. The van der Waals surface area contributed by atoms with Gasteiger partial charge in [-0.2, -0.15) is 0 Å². The second-order valence-corrected chi connectivity index (χ2v) is 8.67. The normalized spacial score (nSPS) is 22.5. The Labute approximate surface area is 134 Å². The highest BCUT2D eigenvalue weighted by atomic mass is 28.4. The highest BCUT2D eigenvalue weighted by Gasteiger charge is 2.37. The molecule has 2 atom stereocenters. The number of carbonyl (C=O) groups is 1. The van der Waals surface area contributed by atoms with E-state index in [0.717, 1.165) is 38.1 Å². The highest BCUT2D eigenvalue weighted by molar-refractivity contribution is 6.60. The smallest absolute Gasteiger partial charge is 0.466 e. The summed E-state index contributed by atoms with van der Waals surface area (Å²) in [5, 5.41) is 0. The number of hydrogen-bond donors (Lipinski definition) is 2. The van der Waals surface area contributed by atoms with Crippen molar-refractivity contribution in [3.63, 3.8) is 0 Å². The Kier molecular flexibility index (Phi) is 9.14. The highest BCUT2D eigenvalue weighted by Crippen LogP contribution is 2.20. The molecule has 1 aliphatic heterocycles. The van der Waals surface area contributed by atoms with Gasteiger partial charge in [0, 0.05) is 46.4 Å². The lowest BCUT2D eigenvalue weighted by atomic mass is 9.99. The molecule has 0 amide bonds. The van der Waals surface area contributed by atoms with Gasteiger partial charge >= 0.3 is 14.8 Å². The molecule has 8 heteroatoms. The lowest BCUT2D eigenvalue weighted by Gasteiger charge is -2.31. The lowest BCUT2D eigenvalue weighted by Crippen LogP contribution is -2.52. The van der Waals surface area contributed by atoms with E-state index in [4.69, 9.17) is 18.0 Å². The van der Waals surface area contributed by atoms with E-state index in [1.165, 1.54) is 6.92 Å². The average molecular weight is 334 g/mol. The maximum absolute atomic E-state index is 10.7. The molecule has 0 saturated carbocycles. The van der Waals surface area contributed by atoms with E-state index in [-0.39, 0.29) is 5.97 Å². The van der Waals surface area contributed by atoms with Gasteiger partial charge in [-0.1, -0.05) is 0 Å². The van der Waals surface area contributed by atoms with E-state index in [1.54, 1.807) is 21.3 Å². The van der Waals surface area contributed by atoms with Gasteiger partial charge in [-0.3, -0.25) is 15.6 Å². The molecule has 0 bridgehead atoms. The molecule has 0 aliphatic carbocycles. The van der Waals surface area contributed by atoms with Gasteiger partial charge in [0.05, 0.1) is 6.61 Å². The third-order valence-corrected chi connectivity index (χ3v) is 6.93. The minimum Gasteiger partial charge on any atom is -0.466 e. The summed E-state index contributed by atoms with van der Waals surface area (Å²) >= 11 is 0. The van der Waals surface area contributed by atoms with Crippen molar-refractivity contribution in [2.45, 2.75) is 57.2 Å². The van der Waals surface area contributed by atoms with Crippen LogP contribution in [-0.4, -0.2) is 54.8 Å². The molecule has 0 spiro atoms. The Morgan fingerprint density at radius 2 is 1.59 bits per heavy atom. The van der Waals surface area contributed by atoms with E-state index in [9.17, 15) is 4.79 Å². The van der Waals surface area contributed by atoms with Crippen LogP contribution in [0.1, 0.15) is 39.0 Å². The van der Waals surface area contributed by atoms with Crippen LogP contribution in [0.4, 0.5) is 0 Å². The molecule has 2 unspecified atom stereocenters. The maximum atomic E-state index is 10.7. The number of carbonyl (C=O) groups excluding carboxylic acids is 1. The topological polar surface area (TPSA) is 78.1 Å². The molecular weight excluding hydrogens is 304 g/mol. The Balaban J connectivity index is 2.16. The van der Waals surface area contributed by atoms with E-state index >= 15 is 0 Å². The van der Waals surface area contributed by atoms with Crippen LogP contribution < -0.4 is 10.9 Å². The number of nitrogens with one attached hydrogen (secondary N) is 2. The minimum atomic E-state index is -2.44. The van der Waals surface area contributed by atoms with Crippen LogP contribution in [0.2, 0.25) is 6.04 Å². The van der Waals surface area contributed by atoms with Gasteiger partial charge in [0.2, 0.25) is 0 Å². The Bertz CT molecular complexity index is 312. The number of hydrazine groups is 1. The van der Waals surface area contributed by atoms with E-state index in [2.05, 4.69) is 10.9 Å². The van der Waals surface area contributed by atoms with Crippen LogP contribution in [0.15, 0.2) is 0 Å². The monoisotopic (exact) mass is 334 g/mol. The Hall–Kier alpha value is -0.513. The second-order valence-electron chi connectivity index (χ2n) is 5.58. The van der Waals surface area contributed by atoms with Crippen molar-refractivity contribution in [1.82, 2.24) is 10.9 Å². The molecule has 7 nitrogen and oxygen atoms in total. The van der Waals surface area contributed by atoms with Crippen molar-refractivity contribution in [2.24, 2.45) is 0 Å². The minimum absolute atomic E-state index is 0.219. The molecular formula is C14H30N2O5Si. The summed E-state index contributed by atoms with van der Waals surface area (Å²) in [6.45, 7) is 1.91. The third kappa shape index (κ3) is 6.72. The van der Waals surface area contributed by atoms with Crippen molar-refractivity contribution in [3.8, 4) is 0 Å². The van der Waals surface area contributed by atoms with Gasteiger partial charge in [0.25, 0.3) is 0 Å². The number of esters is 1. The molecule has 0 aromatic heterocycles. The van der Waals surface area contributed by atoms with Crippen LogP contribution in [0.25, 0.3) is 0 Å². The Morgan fingerprint density at radius 1 is 1.05 bits per heavy atom. The molecule has 2 N–H and O–H groups in total. The first-order valence-corrected chi connectivity index (χ1v) is 9.78. The summed E-state index contributed by atoms with van der Waals surface area (Å²) in [6, 6.07) is 1.63. The van der Waals surface area contributed by atoms with Crippen molar-refractivity contribution in [1.29, 1.82) is 0 Å². The van der Waals surface area contributed by atoms with E-state index < -0.39 is 8.80 Å². The molecule has 1 aliphatic rings. The van der Waals surface area contributed by atoms with E-state index in [0.29, 0.717) is 18.7 Å². The first kappa shape index (κ1) is 19.5. The number of ether oxygens (including phenoxy) is 1. The van der Waals surface area contributed by atoms with Crippen LogP contribution in [0, 0.1) is 0 Å². The zero-order chi connectivity index (χ0) is 16.4. The van der Waals surface area contributed by atoms with Crippen LogP contribution in [0.3, 0.4) is 0 Å². The third-order valence-electron chi connectivity index (χ3n) is 4.10. The fraction of sp³-hybridized carbons (Fsp3) is 0.929. The molecule has 130 valence electrons. The quantitative estimate of drug-likeness (QED) is 0.459. The average Bonchev–Trinajstić information content (AvgIpc) is 2.53. The zero-order valence-electron chi connectivity index (χ0n) is 14.1. The number of rotatable bonds is 10. The molecule has 1 saturated heterocycles. The van der Waals surface area contributed by atoms with Gasteiger partial charge in [0.1, 0.15) is 0 Å². The largest absolute Gasteiger partial charge is 0.500 e. The van der Waals surface area contributed by atoms with E-state index in [1.807, 2.05) is 0 Å². The summed E-state index contributed by atoms with van der Waals surface area (Å²) in [7, 11) is 2.50. The van der Waals surface area contributed by atoms with Crippen LogP contribution in [-0.2, 0) is 22.8 Å². The SMILES string of the molecule is CO[Si](CCCC1CCC(CCOC(C)=O)NN1)(OC)OC. The summed E-state index contributed by atoms with van der Waals surface area (Å²) in [5.41, 5.74) is 6.66. The standard InChI is InChI=1S/C14H30N2O5Si/c1-12(17)21-10-9-14-8-7-13(15-16-14)6-5-11-22(18-2,19-3)20-4/h13-16H,5-11H2,1-4H3. The van der Waals surface area contributed by atoms with Crippen molar-refractivity contribution < 1.29 is 22.8 Å². The van der Waals surface area contributed by atoms with Gasteiger partial charge in [-0.05, 0) is 32.1 Å². The second kappa shape index (κ2) is 10.3. The molecule has 0 radical (unpaired) electrons. The van der Waals surface area contributed by atoms with Crippen molar-refractivity contribution >= 4 is 14.8 Å². The van der Waals surface area contributed by atoms with Gasteiger partial charge in [0.15, 0.2) is 0 Å². The molecule has 0 aromatic rings. The Morgan fingerprint density at radius 3 is 2.05 bits per heavy atom. The fourth-order valence-electron chi connectivity index (χ4n) is 2.68.